The fourth-order valence-corrected chi connectivity index (χ4v) is 4.48. The zero-order valence-corrected chi connectivity index (χ0v) is 20.8. The number of rotatable bonds is 11. The van der Waals surface area contributed by atoms with Gasteiger partial charge in [0, 0.05) is 25.3 Å². The van der Waals surface area contributed by atoms with E-state index in [1.54, 1.807) is 19.2 Å². The van der Waals surface area contributed by atoms with E-state index in [4.69, 9.17) is 16.3 Å². The number of anilines is 4. The molecule has 1 amide bonds. The zero-order valence-electron chi connectivity index (χ0n) is 19.3. The lowest BCUT2D eigenvalue weighted by molar-refractivity contribution is -0.119. The van der Waals surface area contributed by atoms with Crippen molar-refractivity contribution in [3.8, 4) is 5.75 Å². The first-order valence-corrected chi connectivity index (χ1v) is 12.5. The summed E-state index contributed by atoms with van der Waals surface area (Å²) in [5, 5.41) is 12.0. The van der Waals surface area contributed by atoms with Crippen LogP contribution in [0.2, 0.25) is 5.02 Å². The Balaban J connectivity index is 1.82. The maximum absolute atomic E-state index is 12.0. The van der Waals surface area contributed by atoms with Crippen LogP contribution >= 0.6 is 23.4 Å². The summed E-state index contributed by atoms with van der Waals surface area (Å²) in [5.41, 5.74) is 1.33. The first-order valence-electron chi connectivity index (χ1n) is 11.2. The van der Waals surface area contributed by atoms with Crippen LogP contribution in [0.25, 0.3) is 0 Å². The number of halogens is 1. The molecule has 3 rings (SSSR count). The molecule has 12 heteroatoms. The lowest BCUT2D eigenvalue weighted by Gasteiger charge is -2.18. The molecule has 1 aromatic heterocycles. The van der Waals surface area contributed by atoms with E-state index in [2.05, 4.69) is 36.2 Å². The van der Waals surface area contributed by atoms with E-state index < -0.39 is 5.25 Å². The number of thioether (sulfide) groups is 1. The molecule has 0 bridgehead atoms. The van der Waals surface area contributed by atoms with Gasteiger partial charge >= 0.3 is 0 Å². The maximum Gasteiger partial charge on any atom is 0.235 e. The number of amides is 1. The van der Waals surface area contributed by atoms with Gasteiger partial charge in [0.15, 0.2) is 5.62 Å². The molecule has 34 heavy (non-hydrogen) atoms. The number of benzene rings is 1. The first kappa shape index (κ1) is 25.8. The van der Waals surface area contributed by atoms with Gasteiger partial charge in [-0.3, -0.25) is 9.59 Å². The third-order valence-corrected chi connectivity index (χ3v) is 6.55. The number of nitrogens with zero attached hydrogens (tertiary/aromatic N) is 3. The summed E-state index contributed by atoms with van der Waals surface area (Å²) in [4.78, 5) is 36.5. The van der Waals surface area contributed by atoms with E-state index in [1.165, 1.54) is 32.7 Å². The molecule has 4 N–H and O–H groups in total. The fraction of sp³-hybridized carbons (Fsp3) is 0.500. The van der Waals surface area contributed by atoms with Crippen molar-refractivity contribution in [3.63, 3.8) is 0 Å². The van der Waals surface area contributed by atoms with Gasteiger partial charge in [-0.05, 0) is 31.0 Å². The number of carbonyl (C=O) groups is 2. The summed E-state index contributed by atoms with van der Waals surface area (Å²) < 4.78 is 5.21. The highest BCUT2D eigenvalue weighted by Gasteiger charge is 2.19. The predicted octanol–water partition coefficient (Wildman–Crippen LogP) is 3.86. The van der Waals surface area contributed by atoms with E-state index >= 15 is 0 Å². The Bertz CT molecular complexity index is 974. The SMILES string of the molecule is CNC(=O)C(CNc1nc(Nc2ccc(OC)c(Cl)c2)nc(NC2CCCCCC2)n1)SC=O. The highest BCUT2D eigenvalue weighted by atomic mass is 35.5. The van der Waals surface area contributed by atoms with Crippen molar-refractivity contribution in [2.24, 2.45) is 0 Å². The Morgan fingerprint density at radius 1 is 1.18 bits per heavy atom. The van der Waals surface area contributed by atoms with Crippen LogP contribution in [0, 0.1) is 0 Å². The lowest BCUT2D eigenvalue weighted by atomic mass is 10.1. The number of hydrogen-bond donors (Lipinski definition) is 4. The van der Waals surface area contributed by atoms with Crippen molar-refractivity contribution in [2.45, 2.75) is 49.8 Å². The first-order chi connectivity index (χ1) is 16.5. The van der Waals surface area contributed by atoms with Gasteiger partial charge in [-0.2, -0.15) is 15.0 Å². The summed E-state index contributed by atoms with van der Waals surface area (Å²) in [7, 11) is 3.08. The Morgan fingerprint density at radius 3 is 2.53 bits per heavy atom. The van der Waals surface area contributed by atoms with Gasteiger partial charge in [-0.15, -0.1) is 0 Å². The molecule has 1 unspecified atom stereocenters. The number of carbonyl (C=O) groups excluding carboxylic acids is 2. The van der Waals surface area contributed by atoms with E-state index in [0.717, 1.165) is 24.6 Å². The van der Waals surface area contributed by atoms with E-state index in [0.29, 0.717) is 34.0 Å². The lowest BCUT2D eigenvalue weighted by Crippen LogP contribution is -2.35. The number of nitrogens with one attached hydrogen (secondary N) is 4. The Hall–Kier alpha value is -2.79. The average molecular weight is 508 g/mol. The summed E-state index contributed by atoms with van der Waals surface area (Å²) >= 11 is 7.14. The summed E-state index contributed by atoms with van der Waals surface area (Å²) in [6.45, 7) is 0.170. The van der Waals surface area contributed by atoms with E-state index in [9.17, 15) is 9.59 Å². The number of ether oxygens (including phenoxy) is 1. The van der Waals surface area contributed by atoms with Gasteiger partial charge in [0.05, 0.1) is 12.1 Å². The molecule has 1 saturated carbocycles. The zero-order chi connectivity index (χ0) is 24.3. The maximum atomic E-state index is 12.0. The number of methoxy groups -OCH3 is 1. The van der Waals surface area contributed by atoms with Crippen LogP contribution in [-0.4, -0.2) is 58.5 Å². The molecule has 0 saturated heterocycles. The van der Waals surface area contributed by atoms with Crippen molar-refractivity contribution in [3.05, 3.63) is 23.2 Å². The third kappa shape index (κ3) is 7.63. The second-order valence-corrected chi connectivity index (χ2v) is 9.27. The molecule has 2 aromatic rings. The van der Waals surface area contributed by atoms with Gasteiger partial charge in [0.25, 0.3) is 0 Å². The second-order valence-electron chi connectivity index (χ2n) is 7.83. The van der Waals surface area contributed by atoms with Gasteiger partial charge in [0.1, 0.15) is 11.0 Å². The molecular formula is C22H30ClN7O3S. The molecule has 1 aliphatic rings. The molecule has 184 valence electrons. The Morgan fingerprint density at radius 2 is 1.88 bits per heavy atom. The van der Waals surface area contributed by atoms with Gasteiger partial charge in [0.2, 0.25) is 23.8 Å². The number of aromatic nitrogens is 3. The van der Waals surface area contributed by atoms with Crippen molar-refractivity contribution in [1.29, 1.82) is 0 Å². The number of hydrogen-bond acceptors (Lipinski definition) is 10. The van der Waals surface area contributed by atoms with Crippen LogP contribution < -0.4 is 26.0 Å². The van der Waals surface area contributed by atoms with Crippen LogP contribution in [0.1, 0.15) is 38.5 Å². The Labute approximate surface area is 208 Å². The molecule has 1 fully saturated rings. The highest BCUT2D eigenvalue weighted by molar-refractivity contribution is 8.13. The van der Waals surface area contributed by atoms with E-state index in [1.807, 2.05) is 6.07 Å². The highest BCUT2D eigenvalue weighted by Crippen LogP contribution is 2.29. The average Bonchev–Trinajstić information content (AvgIpc) is 3.10. The minimum absolute atomic E-state index is 0.170. The molecule has 10 nitrogen and oxygen atoms in total. The minimum Gasteiger partial charge on any atom is -0.495 e. The largest absolute Gasteiger partial charge is 0.495 e. The quantitative estimate of drug-likeness (QED) is 0.262. The predicted molar refractivity (Wildman–Crippen MR) is 137 cm³/mol. The molecule has 0 radical (unpaired) electrons. The molecular weight excluding hydrogens is 478 g/mol. The Kier molecular flexibility index (Phi) is 10.0. The van der Waals surface area contributed by atoms with Crippen molar-refractivity contribution in [1.82, 2.24) is 20.3 Å². The second kappa shape index (κ2) is 13.2. The third-order valence-electron chi connectivity index (χ3n) is 5.44. The monoisotopic (exact) mass is 507 g/mol. The molecule has 1 aliphatic carbocycles. The minimum atomic E-state index is -0.616. The van der Waals surface area contributed by atoms with Gasteiger partial charge < -0.3 is 26.0 Å². The molecule has 0 aliphatic heterocycles. The summed E-state index contributed by atoms with van der Waals surface area (Å²) in [6.07, 6.45) is 6.92. The molecule has 1 atom stereocenters. The van der Waals surface area contributed by atoms with Crippen molar-refractivity contribution >= 4 is 58.4 Å². The smallest absolute Gasteiger partial charge is 0.235 e. The van der Waals surface area contributed by atoms with Crippen LogP contribution in [-0.2, 0) is 9.59 Å². The van der Waals surface area contributed by atoms with Gasteiger partial charge in [-0.1, -0.05) is 49.0 Å². The molecule has 1 aromatic carbocycles. The van der Waals surface area contributed by atoms with Gasteiger partial charge in [-0.25, -0.2) is 0 Å². The molecule has 0 spiro atoms. The fourth-order valence-electron chi connectivity index (χ4n) is 3.67. The summed E-state index contributed by atoms with van der Waals surface area (Å²) in [6, 6.07) is 5.56. The van der Waals surface area contributed by atoms with Crippen LogP contribution in [0.5, 0.6) is 5.75 Å². The van der Waals surface area contributed by atoms with Crippen molar-refractivity contribution < 1.29 is 14.3 Å². The van der Waals surface area contributed by atoms with Crippen molar-refractivity contribution in [2.75, 3.05) is 36.7 Å². The topological polar surface area (TPSA) is 130 Å². The standard InChI is InChI=1S/C22H30ClN7O3S/c1-24-19(32)18(34-13-31)12-25-20-28-21(26-14-7-5-3-4-6-8-14)30-22(29-20)27-15-9-10-17(33-2)16(23)11-15/h9-11,13-14,18H,3-8,12H2,1-2H3,(H,24,32)(H3,25,26,27,28,29,30). The van der Waals surface area contributed by atoms with Crippen LogP contribution in [0.15, 0.2) is 18.2 Å². The van der Waals surface area contributed by atoms with Crippen LogP contribution in [0.4, 0.5) is 23.5 Å². The normalized spacial score (nSPS) is 15.0. The summed E-state index contributed by atoms with van der Waals surface area (Å²) in [5.74, 6) is 1.34. The molecule has 1 heterocycles. The van der Waals surface area contributed by atoms with E-state index in [-0.39, 0.29) is 24.4 Å². The van der Waals surface area contributed by atoms with Crippen LogP contribution in [0.3, 0.4) is 0 Å².